The number of hydrogen-bond acceptors (Lipinski definition) is 3. The quantitative estimate of drug-likeness (QED) is 0.784. The molecule has 4 nitrogen and oxygen atoms in total. The predicted octanol–water partition coefficient (Wildman–Crippen LogP) is 3.60. The van der Waals surface area contributed by atoms with Crippen LogP contribution in [0.3, 0.4) is 0 Å². The van der Waals surface area contributed by atoms with Crippen molar-refractivity contribution >= 4 is 32.5 Å². The van der Waals surface area contributed by atoms with Crippen LogP contribution in [0.5, 0.6) is 0 Å². The van der Waals surface area contributed by atoms with Gasteiger partial charge in [-0.1, -0.05) is 11.6 Å². The van der Waals surface area contributed by atoms with Gasteiger partial charge in [0.1, 0.15) is 5.82 Å². The lowest BCUT2D eigenvalue weighted by Crippen LogP contribution is -1.96. The molecule has 1 N–H and O–H groups in total. The molecule has 21 heavy (non-hydrogen) atoms. The zero-order valence-corrected chi connectivity index (χ0v) is 13.1. The molecule has 6 heteroatoms. The number of nitrogens with zero attached hydrogens (tertiary/aromatic N) is 1. The molecule has 0 aliphatic carbocycles. The molecule has 1 heterocycles. The van der Waals surface area contributed by atoms with Crippen LogP contribution in [-0.4, -0.2) is 24.6 Å². The zero-order valence-electron chi connectivity index (χ0n) is 11.5. The second kappa shape index (κ2) is 4.86. The lowest BCUT2D eigenvalue weighted by molar-refractivity contribution is 0.602. The normalized spacial score (nSPS) is 12.0. The summed E-state index contributed by atoms with van der Waals surface area (Å²) in [5.74, 6) is 0.668. The van der Waals surface area contributed by atoms with Crippen molar-refractivity contribution in [1.82, 2.24) is 9.97 Å². The van der Waals surface area contributed by atoms with Gasteiger partial charge in [0.05, 0.1) is 15.9 Å². The summed E-state index contributed by atoms with van der Waals surface area (Å²) >= 11 is 6.06. The smallest absolute Gasteiger partial charge is 0.175 e. The van der Waals surface area contributed by atoms with Crippen molar-refractivity contribution in [2.45, 2.75) is 11.8 Å². The van der Waals surface area contributed by atoms with E-state index in [-0.39, 0.29) is 4.90 Å². The fraction of sp³-hybridized carbons (Fsp3) is 0.133. The van der Waals surface area contributed by atoms with Gasteiger partial charge in [0.25, 0.3) is 0 Å². The van der Waals surface area contributed by atoms with Crippen LogP contribution in [0.2, 0.25) is 5.02 Å². The average Bonchev–Trinajstić information content (AvgIpc) is 2.79. The van der Waals surface area contributed by atoms with Crippen LogP contribution < -0.4 is 0 Å². The van der Waals surface area contributed by atoms with E-state index >= 15 is 0 Å². The van der Waals surface area contributed by atoms with Gasteiger partial charge in [-0.3, -0.25) is 0 Å². The largest absolute Gasteiger partial charge is 0.338 e. The Morgan fingerprint density at radius 2 is 1.90 bits per heavy atom. The van der Waals surface area contributed by atoms with Gasteiger partial charge in [-0.15, -0.1) is 0 Å². The number of benzene rings is 2. The highest BCUT2D eigenvalue weighted by Gasteiger charge is 2.11. The summed E-state index contributed by atoms with van der Waals surface area (Å²) in [5, 5.41) is 0.641. The number of hydrogen-bond donors (Lipinski definition) is 1. The van der Waals surface area contributed by atoms with Crippen molar-refractivity contribution in [3.8, 4) is 11.4 Å². The number of halogens is 1. The van der Waals surface area contributed by atoms with E-state index in [0.29, 0.717) is 16.4 Å². The van der Waals surface area contributed by atoms with E-state index in [1.54, 1.807) is 18.2 Å². The van der Waals surface area contributed by atoms with Crippen LogP contribution >= 0.6 is 11.6 Å². The number of nitrogens with one attached hydrogen (secondary N) is 1. The molecule has 108 valence electrons. The van der Waals surface area contributed by atoms with Gasteiger partial charge in [-0.05, 0) is 48.9 Å². The molecule has 1 aromatic heterocycles. The molecule has 0 aliphatic rings. The van der Waals surface area contributed by atoms with Crippen LogP contribution in [-0.2, 0) is 9.84 Å². The maximum absolute atomic E-state index is 11.6. The van der Waals surface area contributed by atoms with E-state index in [2.05, 4.69) is 9.97 Å². The molecule has 0 saturated heterocycles. The first kappa shape index (κ1) is 14.1. The van der Waals surface area contributed by atoms with Crippen LogP contribution in [0.15, 0.2) is 41.3 Å². The van der Waals surface area contributed by atoms with E-state index in [1.807, 2.05) is 25.1 Å². The number of imidazole rings is 1. The molecule has 0 unspecified atom stereocenters. The lowest BCUT2D eigenvalue weighted by Gasteiger charge is -2.00. The third-order valence-corrected chi connectivity index (χ3v) is 4.53. The van der Waals surface area contributed by atoms with Crippen LogP contribution in [0.25, 0.3) is 22.4 Å². The van der Waals surface area contributed by atoms with Crippen molar-refractivity contribution < 1.29 is 8.42 Å². The Morgan fingerprint density at radius 1 is 1.14 bits per heavy atom. The van der Waals surface area contributed by atoms with Crippen LogP contribution in [0.4, 0.5) is 0 Å². The maximum Gasteiger partial charge on any atom is 0.175 e. The minimum absolute atomic E-state index is 0.271. The lowest BCUT2D eigenvalue weighted by atomic mass is 10.1. The first-order valence-corrected chi connectivity index (χ1v) is 8.57. The van der Waals surface area contributed by atoms with Gasteiger partial charge in [-0.2, -0.15) is 0 Å². The number of aromatic nitrogens is 2. The van der Waals surface area contributed by atoms with Crippen LogP contribution in [0, 0.1) is 6.92 Å². The molecule has 0 aliphatic heterocycles. The van der Waals surface area contributed by atoms with Gasteiger partial charge >= 0.3 is 0 Å². The maximum atomic E-state index is 11.6. The summed E-state index contributed by atoms with van der Waals surface area (Å²) in [6.45, 7) is 1.96. The number of aryl methyl sites for hydroxylation is 1. The van der Waals surface area contributed by atoms with Gasteiger partial charge in [-0.25, -0.2) is 13.4 Å². The molecule has 0 saturated carbocycles. The monoisotopic (exact) mass is 320 g/mol. The third-order valence-electron chi connectivity index (χ3n) is 3.20. The molecule has 0 bridgehead atoms. The molecule has 0 amide bonds. The van der Waals surface area contributed by atoms with E-state index in [4.69, 9.17) is 11.6 Å². The van der Waals surface area contributed by atoms with Gasteiger partial charge in [0, 0.05) is 16.8 Å². The van der Waals surface area contributed by atoms with Gasteiger partial charge in [0.2, 0.25) is 0 Å². The number of fused-ring (bicyclic) bond motifs is 1. The number of H-pyrrole nitrogens is 1. The number of rotatable bonds is 2. The standard InChI is InChI=1S/C15H13ClN2O2S/c1-9-5-10(7-11(16)6-9)15-17-13-4-3-12(21(2,19)20)8-14(13)18-15/h3-8H,1-2H3,(H,17,18). The Morgan fingerprint density at radius 3 is 2.57 bits per heavy atom. The molecule has 2 aromatic carbocycles. The molecule has 0 radical (unpaired) electrons. The highest BCUT2D eigenvalue weighted by atomic mass is 35.5. The fourth-order valence-corrected chi connectivity index (χ4v) is 3.17. The first-order valence-electron chi connectivity index (χ1n) is 6.30. The molecule has 3 rings (SSSR count). The van der Waals surface area contributed by atoms with E-state index in [9.17, 15) is 8.42 Å². The summed E-state index contributed by atoms with van der Waals surface area (Å²) in [6, 6.07) is 10.5. The summed E-state index contributed by atoms with van der Waals surface area (Å²) < 4.78 is 23.2. The highest BCUT2D eigenvalue weighted by Crippen LogP contribution is 2.26. The third kappa shape index (κ3) is 2.80. The van der Waals surface area contributed by atoms with Crippen molar-refractivity contribution in [2.24, 2.45) is 0 Å². The highest BCUT2D eigenvalue weighted by molar-refractivity contribution is 7.90. The Balaban J connectivity index is 2.17. The molecule has 0 fully saturated rings. The van der Waals surface area contributed by atoms with E-state index in [0.717, 1.165) is 16.6 Å². The minimum atomic E-state index is -3.23. The summed E-state index contributed by atoms with van der Waals surface area (Å²) in [7, 11) is -3.23. The van der Waals surface area contributed by atoms with E-state index in [1.165, 1.54) is 6.26 Å². The predicted molar refractivity (Wildman–Crippen MR) is 84.4 cm³/mol. The molecule has 3 aromatic rings. The van der Waals surface area contributed by atoms with Crippen molar-refractivity contribution in [3.63, 3.8) is 0 Å². The Kier molecular flexibility index (Phi) is 3.26. The topological polar surface area (TPSA) is 62.8 Å². The Labute approximate surface area is 127 Å². The Bertz CT molecular complexity index is 925. The van der Waals surface area contributed by atoms with Gasteiger partial charge < -0.3 is 4.98 Å². The summed E-state index contributed by atoms with van der Waals surface area (Å²) in [5.41, 5.74) is 3.31. The second-order valence-corrected chi connectivity index (χ2v) is 7.51. The SMILES string of the molecule is Cc1cc(Cl)cc(-c2nc3ccc(S(C)(=O)=O)cc3[nH]2)c1. The van der Waals surface area contributed by atoms with Crippen LogP contribution in [0.1, 0.15) is 5.56 Å². The molecular weight excluding hydrogens is 308 g/mol. The Hall–Kier alpha value is -1.85. The second-order valence-electron chi connectivity index (χ2n) is 5.05. The number of sulfone groups is 1. The minimum Gasteiger partial charge on any atom is -0.338 e. The number of aromatic amines is 1. The zero-order chi connectivity index (χ0) is 15.2. The van der Waals surface area contributed by atoms with Crippen molar-refractivity contribution in [1.29, 1.82) is 0 Å². The average molecular weight is 321 g/mol. The van der Waals surface area contributed by atoms with E-state index < -0.39 is 9.84 Å². The molecule has 0 spiro atoms. The van der Waals surface area contributed by atoms with Crippen molar-refractivity contribution in [3.05, 3.63) is 47.0 Å². The molecular formula is C15H13ClN2O2S. The van der Waals surface area contributed by atoms with Crippen molar-refractivity contribution in [2.75, 3.05) is 6.26 Å². The fourth-order valence-electron chi connectivity index (χ4n) is 2.23. The molecule has 0 atom stereocenters. The van der Waals surface area contributed by atoms with Gasteiger partial charge in [0.15, 0.2) is 9.84 Å². The summed E-state index contributed by atoms with van der Waals surface area (Å²) in [6.07, 6.45) is 1.19. The first-order chi connectivity index (χ1) is 9.83. The summed E-state index contributed by atoms with van der Waals surface area (Å²) in [4.78, 5) is 7.89.